The van der Waals surface area contributed by atoms with E-state index < -0.39 is 0 Å². The van der Waals surface area contributed by atoms with Crippen LogP contribution in [0.2, 0.25) is 0 Å². The van der Waals surface area contributed by atoms with Crippen LogP contribution >= 0.6 is 11.8 Å². The molecule has 2 aliphatic rings. The Hall–Kier alpha value is -1.19. The summed E-state index contributed by atoms with van der Waals surface area (Å²) in [5, 5.41) is 1.54. The number of piperidine rings is 1. The zero-order valence-corrected chi connectivity index (χ0v) is 16.6. The molecule has 25 heavy (non-hydrogen) atoms. The molecule has 134 valence electrons. The van der Waals surface area contributed by atoms with Crippen LogP contribution < -0.4 is 0 Å². The van der Waals surface area contributed by atoms with Crippen LogP contribution in [0.5, 0.6) is 0 Å². The number of hydrogen-bond donors (Lipinski definition) is 0. The van der Waals surface area contributed by atoms with Gasteiger partial charge in [-0.2, -0.15) is 11.8 Å². The maximum atomic E-state index is 2.81. The van der Waals surface area contributed by atoms with Gasteiger partial charge >= 0.3 is 0 Å². The van der Waals surface area contributed by atoms with Gasteiger partial charge in [-0.05, 0) is 67.9 Å². The van der Waals surface area contributed by atoms with Gasteiger partial charge in [-0.15, -0.1) is 0 Å². The Morgan fingerprint density at radius 3 is 2.96 bits per heavy atom. The lowest BCUT2D eigenvalue weighted by Crippen LogP contribution is -2.50. The Morgan fingerprint density at radius 2 is 2.20 bits per heavy atom. The minimum absolute atomic E-state index is 0.692. The average molecular weight is 355 g/mol. The molecule has 1 saturated heterocycles. The number of benzene rings is 1. The summed E-state index contributed by atoms with van der Waals surface area (Å²) in [5.74, 6) is 2.83. The molecular formula is C22H30N2S. The second-order valence-electron chi connectivity index (χ2n) is 7.72. The summed E-state index contributed by atoms with van der Waals surface area (Å²) in [4.78, 5) is 2.81. The van der Waals surface area contributed by atoms with Crippen LogP contribution in [-0.4, -0.2) is 40.6 Å². The van der Waals surface area contributed by atoms with Crippen molar-refractivity contribution < 1.29 is 0 Å². The van der Waals surface area contributed by atoms with Gasteiger partial charge in [0.25, 0.3) is 0 Å². The first-order chi connectivity index (χ1) is 12.3. The molecule has 0 saturated carbocycles. The van der Waals surface area contributed by atoms with E-state index in [0.717, 1.165) is 5.92 Å². The lowest BCUT2D eigenvalue weighted by atomic mass is 9.72. The summed E-state index contributed by atoms with van der Waals surface area (Å²) in [6.07, 6.45) is 12.8. The van der Waals surface area contributed by atoms with Gasteiger partial charge < -0.3 is 4.57 Å². The highest BCUT2D eigenvalue weighted by Crippen LogP contribution is 2.45. The Labute approximate surface area is 156 Å². The third-order valence-electron chi connectivity index (χ3n) is 6.03. The third kappa shape index (κ3) is 2.96. The summed E-state index contributed by atoms with van der Waals surface area (Å²) in [6.45, 7) is 6.96. The summed E-state index contributed by atoms with van der Waals surface area (Å²) in [6, 6.07) is 7.66. The molecule has 4 rings (SSSR count). The highest BCUT2D eigenvalue weighted by Gasteiger charge is 2.40. The second kappa shape index (κ2) is 7.20. The van der Waals surface area contributed by atoms with Crippen molar-refractivity contribution in [1.29, 1.82) is 0 Å². The standard InChI is InChI=1S/C22H30N2S/c1-4-9-23-13-16(15-25-3)11-19-18-7-6-8-20-22(18)17(12-21(19)23)14-24(20)10-5-2/h5-8,10,14,16,19,21H,4,9,11-13,15H2,1-3H3/t16?,19-,21-/m1/s1. The van der Waals surface area contributed by atoms with Crippen molar-refractivity contribution in [2.24, 2.45) is 5.92 Å². The zero-order chi connectivity index (χ0) is 17.4. The van der Waals surface area contributed by atoms with Crippen LogP contribution in [0.1, 0.15) is 43.7 Å². The molecule has 2 heterocycles. The van der Waals surface area contributed by atoms with E-state index in [1.165, 1.54) is 43.6 Å². The smallest absolute Gasteiger partial charge is 0.0527 e. The van der Waals surface area contributed by atoms with Gasteiger partial charge in [-0.25, -0.2) is 0 Å². The lowest BCUT2D eigenvalue weighted by Gasteiger charge is -2.47. The van der Waals surface area contributed by atoms with Crippen LogP contribution in [0, 0.1) is 5.92 Å². The van der Waals surface area contributed by atoms with E-state index >= 15 is 0 Å². The molecule has 3 heteroatoms. The fourth-order valence-corrected chi connectivity index (χ4v) is 5.93. The lowest BCUT2D eigenvalue weighted by molar-refractivity contribution is 0.0926. The van der Waals surface area contributed by atoms with E-state index in [1.807, 2.05) is 11.8 Å². The number of thioether (sulfide) groups is 1. The van der Waals surface area contributed by atoms with Gasteiger partial charge in [0.15, 0.2) is 0 Å². The molecule has 0 N–H and O–H groups in total. The Bertz CT molecular complexity index is 776. The predicted octanol–water partition coefficient (Wildman–Crippen LogP) is 5.24. The number of hydrogen-bond acceptors (Lipinski definition) is 2. The van der Waals surface area contributed by atoms with Crippen LogP contribution in [0.25, 0.3) is 17.1 Å². The monoisotopic (exact) mass is 354 g/mol. The van der Waals surface area contributed by atoms with Gasteiger partial charge in [0.2, 0.25) is 0 Å². The van der Waals surface area contributed by atoms with Gasteiger partial charge in [-0.1, -0.05) is 25.1 Å². The molecule has 1 fully saturated rings. The molecule has 0 radical (unpaired) electrons. The summed E-state index contributed by atoms with van der Waals surface area (Å²) >= 11 is 2.02. The SMILES string of the molecule is CC=Cn1cc2c3c(cccc31)[C@H]1CC(CSC)CN(CCC)[C@@H]1C2. The van der Waals surface area contributed by atoms with Gasteiger partial charge in [0.05, 0.1) is 5.52 Å². The number of nitrogens with zero attached hydrogens (tertiary/aromatic N) is 2. The fraction of sp³-hybridized carbons (Fsp3) is 0.545. The topological polar surface area (TPSA) is 8.17 Å². The highest BCUT2D eigenvalue weighted by atomic mass is 32.2. The van der Waals surface area contributed by atoms with Crippen molar-refractivity contribution in [3.05, 3.63) is 41.6 Å². The Balaban J connectivity index is 1.79. The maximum absolute atomic E-state index is 2.81. The van der Waals surface area contributed by atoms with Crippen molar-refractivity contribution in [3.63, 3.8) is 0 Å². The molecule has 2 aromatic rings. The van der Waals surface area contributed by atoms with E-state index in [2.05, 4.69) is 66.2 Å². The molecule has 1 aliphatic carbocycles. The van der Waals surface area contributed by atoms with E-state index in [4.69, 9.17) is 0 Å². The quantitative estimate of drug-likeness (QED) is 0.726. The number of rotatable bonds is 5. The molecule has 0 amide bonds. The first-order valence-corrected chi connectivity index (χ1v) is 11.1. The average Bonchev–Trinajstić information content (AvgIpc) is 2.96. The van der Waals surface area contributed by atoms with E-state index in [-0.39, 0.29) is 0 Å². The van der Waals surface area contributed by atoms with Crippen LogP contribution in [0.15, 0.2) is 30.5 Å². The third-order valence-corrected chi connectivity index (χ3v) is 6.84. The van der Waals surface area contributed by atoms with Crippen LogP contribution in [0.4, 0.5) is 0 Å². The summed E-state index contributed by atoms with van der Waals surface area (Å²) in [5.41, 5.74) is 4.55. The van der Waals surface area contributed by atoms with Crippen LogP contribution in [-0.2, 0) is 6.42 Å². The molecule has 1 aliphatic heterocycles. The summed E-state index contributed by atoms with van der Waals surface area (Å²) in [7, 11) is 0. The fourth-order valence-electron chi connectivity index (χ4n) is 5.22. The maximum Gasteiger partial charge on any atom is 0.0527 e. The Kier molecular flexibility index (Phi) is 4.97. The Morgan fingerprint density at radius 1 is 1.32 bits per heavy atom. The van der Waals surface area contributed by atoms with Crippen molar-refractivity contribution in [3.8, 4) is 0 Å². The molecule has 1 aromatic heterocycles. The number of allylic oxidation sites excluding steroid dienone is 1. The minimum Gasteiger partial charge on any atom is -0.323 e. The largest absolute Gasteiger partial charge is 0.323 e. The van der Waals surface area contributed by atoms with E-state index in [0.29, 0.717) is 12.0 Å². The molecule has 1 aromatic carbocycles. The summed E-state index contributed by atoms with van der Waals surface area (Å²) < 4.78 is 2.33. The second-order valence-corrected chi connectivity index (χ2v) is 8.63. The van der Waals surface area contributed by atoms with E-state index in [1.54, 1.807) is 16.5 Å². The molecular weight excluding hydrogens is 324 g/mol. The molecule has 3 atom stereocenters. The van der Waals surface area contributed by atoms with Gasteiger partial charge in [-0.3, -0.25) is 4.90 Å². The molecule has 1 unspecified atom stereocenters. The van der Waals surface area contributed by atoms with Gasteiger partial charge in [0, 0.05) is 36.3 Å². The highest BCUT2D eigenvalue weighted by molar-refractivity contribution is 7.98. The number of likely N-dealkylation sites (tertiary alicyclic amines) is 1. The minimum atomic E-state index is 0.692. The van der Waals surface area contributed by atoms with Crippen molar-refractivity contribution >= 4 is 28.9 Å². The van der Waals surface area contributed by atoms with Crippen molar-refractivity contribution in [2.75, 3.05) is 25.1 Å². The number of aromatic nitrogens is 1. The first kappa shape index (κ1) is 17.2. The molecule has 0 bridgehead atoms. The normalized spacial score (nSPS) is 26.4. The molecule has 0 spiro atoms. The molecule has 2 nitrogen and oxygen atoms in total. The van der Waals surface area contributed by atoms with Crippen molar-refractivity contribution in [1.82, 2.24) is 9.47 Å². The first-order valence-electron chi connectivity index (χ1n) is 9.74. The van der Waals surface area contributed by atoms with Crippen molar-refractivity contribution in [2.45, 2.75) is 45.1 Å². The zero-order valence-electron chi connectivity index (χ0n) is 15.7. The van der Waals surface area contributed by atoms with E-state index in [9.17, 15) is 0 Å². The van der Waals surface area contributed by atoms with Crippen LogP contribution in [0.3, 0.4) is 0 Å². The predicted molar refractivity (Wildman–Crippen MR) is 112 cm³/mol. The number of fused-ring (bicyclic) bond motifs is 2. The van der Waals surface area contributed by atoms with Gasteiger partial charge in [0.1, 0.15) is 0 Å².